The normalized spacial score (nSPS) is 10.0. The van der Waals surface area contributed by atoms with Gasteiger partial charge in [-0.1, -0.05) is 0 Å². The summed E-state index contributed by atoms with van der Waals surface area (Å²) in [5.41, 5.74) is -0.0128. The molecule has 14 heavy (non-hydrogen) atoms. The Balaban J connectivity index is 3.40. The average Bonchev–Trinajstić information content (AvgIpc) is 2.07. The molecule has 5 nitrogen and oxygen atoms in total. The molecule has 0 bridgehead atoms. The van der Waals surface area contributed by atoms with Crippen molar-refractivity contribution >= 4 is 27.7 Å². The fourth-order valence-corrected chi connectivity index (χ4v) is 1.68. The van der Waals surface area contributed by atoms with Gasteiger partial charge in [0.05, 0.1) is 4.47 Å². The Morgan fingerprint density at radius 1 is 1.43 bits per heavy atom. The predicted octanol–water partition coefficient (Wildman–Crippen LogP) is 1.31. The van der Waals surface area contributed by atoms with Crippen LogP contribution in [0.3, 0.4) is 0 Å². The van der Waals surface area contributed by atoms with E-state index in [1.807, 2.05) is 0 Å². The summed E-state index contributed by atoms with van der Waals surface area (Å²) >= 11 is 3.17. The van der Waals surface area contributed by atoms with Crippen molar-refractivity contribution in [2.45, 2.75) is 6.92 Å². The molecule has 1 aromatic heterocycles. The number of carbonyl (C=O) groups is 1. The van der Waals surface area contributed by atoms with E-state index in [-0.39, 0.29) is 5.69 Å². The second-order valence-corrected chi connectivity index (χ2v) is 3.75. The van der Waals surface area contributed by atoms with Crippen LogP contribution in [0.15, 0.2) is 4.47 Å². The van der Waals surface area contributed by atoms with E-state index in [2.05, 4.69) is 25.9 Å². The molecule has 0 aliphatic heterocycles. The molecule has 0 aliphatic rings. The van der Waals surface area contributed by atoms with Crippen LogP contribution in [0.25, 0.3) is 0 Å². The fraction of sp³-hybridized carbons (Fsp3) is 0.375. The number of anilines is 1. The number of carboxylic acids is 1. The van der Waals surface area contributed by atoms with Gasteiger partial charge in [-0.25, -0.2) is 14.8 Å². The minimum Gasteiger partial charge on any atom is -0.476 e. The molecule has 0 atom stereocenters. The summed E-state index contributed by atoms with van der Waals surface area (Å²) in [6, 6.07) is 0. The van der Waals surface area contributed by atoms with Crippen molar-refractivity contribution in [1.82, 2.24) is 9.97 Å². The number of hydrogen-bond donors (Lipinski definition) is 1. The Morgan fingerprint density at radius 2 is 2.00 bits per heavy atom. The Hall–Kier alpha value is -1.17. The molecule has 0 fully saturated rings. The zero-order valence-electron chi connectivity index (χ0n) is 8.08. The predicted molar refractivity (Wildman–Crippen MR) is 55.8 cm³/mol. The first-order valence-corrected chi connectivity index (χ1v) is 4.67. The van der Waals surface area contributed by atoms with Gasteiger partial charge in [0.1, 0.15) is 11.6 Å². The summed E-state index contributed by atoms with van der Waals surface area (Å²) < 4.78 is 0.403. The molecule has 0 saturated heterocycles. The maximum Gasteiger partial charge on any atom is 0.355 e. The average molecular weight is 260 g/mol. The number of aromatic nitrogens is 2. The van der Waals surface area contributed by atoms with Crippen LogP contribution < -0.4 is 4.90 Å². The maximum atomic E-state index is 10.8. The first-order valence-electron chi connectivity index (χ1n) is 3.88. The van der Waals surface area contributed by atoms with Gasteiger partial charge in [-0.05, 0) is 22.9 Å². The number of halogens is 1. The summed E-state index contributed by atoms with van der Waals surface area (Å²) in [5.74, 6) is -0.0605. The lowest BCUT2D eigenvalue weighted by molar-refractivity contribution is 0.0689. The van der Waals surface area contributed by atoms with Crippen LogP contribution in [-0.4, -0.2) is 35.1 Å². The third kappa shape index (κ3) is 2.01. The Kier molecular flexibility index (Phi) is 3.05. The molecule has 0 spiro atoms. The van der Waals surface area contributed by atoms with Gasteiger partial charge in [-0.3, -0.25) is 0 Å². The van der Waals surface area contributed by atoms with Crippen LogP contribution in [-0.2, 0) is 0 Å². The lowest BCUT2D eigenvalue weighted by Gasteiger charge is -2.14. The van der Waals surface area contributed by atoms with E-state index in [0.29, 0.717) is 16.1 Å². The molecule has 0 aliphatic carbocycles. The van der Waals surface area contributed by atoms with Gasteiger partial charge < -0.3 is 10.0 Å². The number of aryl methyl sites for hydroxylation is 1. The molecule has 0 amide bonds. The SMILES string of the molecule is Cc1nc(C(=O)O)c(Br)c(N(C)C)n1. The van der Waals surface area contributed by atoms with Crippen molar-refractivity contribution in [2.75, 3.05) is 19.0 Å². The van der Waals surface area contributed by atoms with E-state index in [1.54, 1.807) is 25.9 Å². The Labute approximate surface area is 89.9 Å². The molecule has 1 rings (SSSR count). The summed E-state index contributed by atoms with van der Waals surface area (Å²) in [6.45, 7) is 1.66. The number of aromatic carboxylic acids is 1. The van der Waals surface area contributed by atoms with Crippen LogP contribution in [0.1, 0.15) is 16.3 Å². The standard InChI is InChI=1S/C8H10BrN3O2/c1-4-10-6(8(13)14)5(9)7(11-4)12(2)3/h1-3H3,(H,13,14). The topological polar surface area (TPSA) is 66.3 Å². The monoisotopic (exact) mass is 259 g/mol. The van der Waals surface area contributed by atoms with Crippen molar-refractivity contribution in [2.24, 2.45) is 0 Å². The highest BCUT2D eigenvalue weighted by molar-refractivity contribution is 9.10. The molecular formula is C8H10BrN3O2. The highest BCUT2D eigenvalue weighted by Crippen LogP contribution is 2.25. The van der Waals surface area contributed by atoms with Crippen LogP contribution in [0.4, 0.5) is 5.82 Å². The van der Waals surface area contributed by atoms with Crippen LogP contribution in [0.5, 0.6) is 0 Å². The lowest BCUT2D eigenvalue weighted by atomic mass is 10.3. The molecule has 0 saturated carbocycles. The second-order valence-electron chi connectivity index (χ2n) is 2.96. The van der Waals surface area contributed by atoms with Crippen molar-refractivity contribution in [3.05, 3.63) is 16.0 Å². The van der Waals surface area contributed by atoms with Crippen LogP contribution in [0, 0.1) is 6.92 Å². The van der Waals surface area contributed by atoms with Crippen molar-refractivity contribution < 1.29 is 9.90 Å². The summed E-state index contributed by atoms with van der Waals surface area (Å²) in [5, 5.41) is 8.86. The maximum absolute atomic E-state index is 10.8. The van der Waals surface area contributed by atoms with E-state index in [0.717, 1.165) is 0 Å². The summed E-state index contributed by atoms with van der Waals surface area (Å²) in [7, 11) is 3.58. The number of hydrogen-bond acceptors (Lipinski definition) is 4. The third-order valence-corrected chi connectivity index (χ3v) is 2.30. The molecule has 76 valence electrons. The van der Waals surface area contributed by atoms with E-state index in [4.69, 9.17) is 5.11 Å². The highest BCUT2D eigenvalue weighted by atomic mass is 79.9. The van der Waals surface area contributed by atoms with Crippen LogP contribution in [0.2, 0.25) is 0 Å². The van der Waals surface area contributed by atoms with Crippen molar-refractivity contribution in [1.29, 1.82) is 0 Å². The molecule has 6 heteroatoms. The van der Waals surface area contributed by atoms with E-state index >= 15 is 0 Å². The van der Waals surface area contributed by atoms with Gasteiger partial charge in [0.15, 0.2) is 5.69 Å². The van der Waals surface area contributed by atoms with Crippen LogP contribution >= 0.6 is 15.9 Å². The number of rotatable bonds is 2. The first-order chi connectivity index (χ1) is 6.43. The molecule has 0 aromatic carbocycles. The quantitative estimate of drug-likeness (QED) is 0.868. The fourth-order valence-electron chi connectivity index (χ4n) is 0.982. The summed E-state index contributed by atoms with van der Waals surface area (Å²) in [4.78, 5) is 20.5. The van der Waals surface area contributed by atoms with Gasteiger partial charge in [-0.2, -0.15) is 0 Å². The van der Waals surface area contributed by atoms with Gasteiger partial charge in [-0.15, -0.1) is 0 Å². The minimum absolute atomic E-state index is 0.0128. The second kappa shape index (κ2) is 3.91. The van der Waals surface area contributed by atoms with Gasteiger partial charge in [0.25, 0.3) is 0 Å². The van der Waals surface area contributed by atoms with Gasteiger partial charge in [0, 0.05) is 14.1 Å². The lowest BCUT2D eigenvalue weighted by Crippen LogP contribution is -2.15. The van der Waals surface area contributed by atoms with Crippen molar-refractivity contribution in [3.63, 3.8) is 0 Å². The van der Waals surface area contributed by atoms with E-state index < -0.39 is 5.97 Å². The molecule has 1 heterocycles. The highest BCUT2D eigenvalue weighted by Gasteiger charge is 2.17. The Morgan fingerprint density at radius 3 is 2.43 bits per heavy atom. The smallest absolute Gasteiger partial charge is 0.355 e. The zero-order valence-corrected chi connectivity index (χ0v) is 9.66. The first kappa shape index (κ1) is 10.9. The third-order valence-electron chi connectivity index (χ3n) is 1.57. The molecule has 0 unspecified atom stereocenters. The summed E-state index contributed by atoms with van der Waals surface area (Å²) in [6.07, 6.45) is 0. The Bertz CT molecular complexity index is 379. The number of carboxylic acid groups (broad SMARTS) is 1. The van der Waals surface area contributed by atoms with Crippen molar-refractivity contribution in [3.8, 4) is 0 Å². The number of nitrogens with zero attached hydrogens (tertiary/aromatic N) is 3. The van der Waals surface area contributed by atoms with Gasteiger partial charge in [0.2, 0.25) is 0 Å². The van der Waals surface area contributed by atoms with E-state index in [9.17, 15) is 4.79 Å². The van der Waals surface area contributed by atoms with E-state index in [1.165, 1.54) is 0 Å². The zero-order chi connectivity index (χ0) is 10.9. The van der Waals surface area contributed by atoms with Gasteiger partial charge >= 0.3 is 5.97 Å². The molecule has 1 aromatic rings. The molecule has 1 N–H and O–H groups in total. The largest absolute Gasteiger partial charge is 0.476 e. The minimum atomic E-state index is -1.06. The molecule has 0 radical (unpaired) electrons. The molecular weight excluding hydrogens is 250 g/mol.